The second-order valence-electron chi connectivity index (χ2n) is 4.82. The lowest BCUT2D eigenvalue weighted by Crippen LogP contribution is -2.36. The normalized spacial score (nSPS) is 19.4. The molecular weight excluding hydrogens is 214 g/mol. The van der Waals surface area contributed by atoms with Gasteiger partial charge in [0.2, 0.25) is 0 Å². The van der Waals surface area contributed by atoms with Crippen LogP contribution in [-0.2, 0) is 17.8 Å². The standard InChI is InChI=1S/C13H23N3O/c1-3-16-10-12(9-15-16)8-14-11(2)13-4-6-17-7-5-13/h9-11,13-14H,3-8H2,1-2H3. The fourth-order valence-electron chi connectivity index (χ4n) is 2.33. The van der Waals surface area contributed by atoms with Gasteiger partial charge in [0.05, 0.1) is 6.20 Å². The average molecular weight is 237 g/mol. The van der Waals surface area contributed by atoms with Crippen LogP contribution in [0.4, 0.5) is 0 Å². The zero-order chi connectivity index (χ0) is 12.1. The van der Waals surface area contributed by atoms with Crippen LogP contribution in [0.2, 0.25) is 0 Å². The van der Waals surface area contributed by atoms with Crippen LogP contribution in [-0.4, -0.2) is 29.0 Å². The summed E-state index contributed by atoms with van der Waals surface area (Å²) in [5, 5.41) is 7.88. The molecule has 2 rings (SSSR count). The van der Waals surface area contributed by atoms with Crippen LogP contribution in [0.1, 0.15) is 32.3 Å². The summed E-state index contributed by atoms with van der Waals surface area (Å²) >= 11 is 0. The molecule has 1 unspecified atom stereocenters. The van der Waals surface area contributed by atoms with Crippen molar-refractivity contribution in [1.29, 1.82) is 0 Å². The third-order valence-electron chi connectivity index (χ3n) is 3.61. The molecule has 96 valence electrons. The molecule has 0 aromatic carbocycles. The van der Waals surface area contributed by atoms with Gasteiger partial charge >= 0.3 is 0 Å². The molecule has 4 nitrogen and oxygen atoms in total. The molecule has 1 atom stereocenters. The predicted octanol–water partition coefficient (Wildman–Crippen LogP) is 1.81. The first kappa shape index (κ1) is 12.6. The lowest BCUT2D eigenvalue weighted by atomic mass is 9.93. The Morgan fingerprint density at radius 3 is 2.94 bits per heavy atom. The van der Waals surface area contributed by atoms with E-state index in [9.17, 15) is 0 Å². The zero-order valence-corrected chi connectivity index (χ0v) is 10.9. The largest absolute Gasteiger partial charge is 0.381 e. The predicted molar refractivity (Wildman–Crippen MR) is 67.7 cm³/mol. The number of hydrogen-bond donors (Lipinski definition) is 1. The number of hydrogen-bond acceptors (Lipinski definition) is 3. The number of nitrogens with one attached hydrogen (secondary N) is 1. The van der Waals surface area contributed by atoms with Crippen LogP contribution in [0, 0.1) is 5.92 Å². The highest BCUT2D eigenvalue weighted by molar-refractivity contribution is 5.03. The van der Waals surface area contributed by atoms with Crippen molar-refractivity contribution in [2.24, 2.45) is 5.92 Å². The Morgan fingerprint density at radius 2 is 2.29 bits per heavy atom. The van der Waals surface area contributed by atoms with Crippen LogP contribution in [0.15, 0.2) is 12.4 Å². The number of aromatic nitrogens is 2. The summed E-state index contributed by atoms with van der Waals surface area (Å²) in [7, 11) is 0. The van der Waals surface area contributed by atoms with Crippen LogP contribution in [0.5, 0.6) is 0 Å². The highest BCUT2D eigenvalue weighted by atomic mass is 16.5. The quantitative estimate of drug-likeness (QED) is 0.849. The first-order valence-corrected chi connectivity index (χ1v) is 6.62. The second kappa shape index (κ2) is 6.17. The minimum Gasteiger partial charge on any atom is -0.381 e. The molecule has 1 fully saturated rings. The maximum atomic E-state index is 5.39. The highest BCUT2D eigenvalue weighted by Gasteiger charge is 2.19. The second-order valence-corrected chi connectivity index (χ2v) is 4.82. The van der Waals surface area contributed by atoms with Gasteiger partial charge in [0.25, 0.3) is 0 Å². The third-order valence-corrected chi connectivity index (χ3v) is 3.61. The van der Waals surface area contributed by atoms with E-state index >= 15 is 0 Å². The summed E-state index contributed by atoms with van der Waals surface area (Å²) in [6, 6.07) is 0.559. The van der Waals surface area contributed by atoms with Gasteiger partial charge < -0.3 is 10.1 Å². The fourth-order valence-corrected chi connectivity index (χ4v) is 2.33. The molecule has 0 bridgehead atoms. The van der Waals surface area contributed by atoms with Gasteiger partial charge in [0, 0.05) is 44.1 Å². The van der Waals surface area contributed by atoms with Crippen LogP contribution >= 0.6 is 0 Å². The van der Waals surface area contributed by atoms with E-state index in [-0.39, 0.29) is 0 Å². The van der Waals surface area contributed by atoms with E-state index in [0.717, 1.165) is 32.2 Å². The van der Waals surface area contributed by atoms with Crippen molar-refractivity contribution in [3.8, 4) is 0 Å². The molecule has 0 amide bonds. The summed E-state index contributed by atoms with van der Waals surface area (Å²) in [5.74, 6) is 0.755. The first-order valence-electron chi connectivity index (χ1n) is 6.62. The van der Waals surface area contributed by atoms with E-state index in [4.69, 9.17) is 4.74 Å². The van der Waals surface area contributed by atoms with Gasteiger partial charge in [0.15, 0.2) is 0 Å². The van der Waals surface area contributed by atoms with Crippen LogP contribution in [0.25, 0.3) is 0 Å². The summed E-state index contributed by atoms with van der Waals surface area (Å²) < 4.78 is 7.36. The molecule has 0 radical (unpaired) electrons. The number of ether oxygens (including phenoxy) is 1. The van der Waals surface area contributed by atoms with Crippen molar-refractivity contribution in [3.05, 3.63) is 18.0 Å². The zero-order valence-electron chi connectivity index (χ0n) is 10.9. The molecule has 1 saturated heterocycles. The highest BCUT2D eigenvalue weighted by Crippen LogP contribution is 2.18. The smallest absolute Gasteiger partial charge is 0.0534 e. The Morgan fingerprint density at radius 1 is 1.53 bits per heavy atom. The van der Waals surface area contributed by atoms with Gasteiger partial charge in [-0.2, -0.15) is 5.10 Å². The topological polar surface area (TPSA) is 39.1 Å². The van der Waals surface area contributed by atoms with E-state index in [0.29, 0.717) is 6.04 Å². The molecule has 1 N–H and O–H groups in total. The van der Waals surface area contributed by atoms with Crippen molar-refractivity contribution < 1.29 is 4.74 Å². The van der Waals surface area contributed by atoms with Gasteiger partial charge in [-0.05, 0) is 32.6 Å². The molecule has 0 aliphatic carbocycles. The maximum absolute atomic E-state index is 5.39. The molecule has 0 spiro atoms. The molecule has 4 heteroatoms. The van der Waals surface area contributed by atoms with Crippen LogP contribution in [0.3, 0.4) is 0 Å². The lowest BCUT2D eigenvalue weighted by Gasteiger charge is -2.28. The Labute approximate surface area is 103 Å². The summed E-state index contributed by atoms with van der Waals surface area (Å²) in [6.07, 6.45) is 6.43. The van der Waals surface area contributed by atoms with Crippen LogP contribution < -0.4 is 5.32 Å². The van der Waals surface area contributed by atoms with Crippen molar-refractivity contribution in [3.63, 3.8) is 0 Å². The number of rotatable bonds is 5. The van der Waals surface area contributed by atoms with Gasteiger partial charge in [0.1, 0.15) is 0 Å². The van der Waals surface area contributed by atoms with E-state index < -0.39 is 0 Å². The number of aryl methyl sites for hydroxylation is 1. The van der Waals surface area contributed by atoms with E-state index in [1.807, 2.05) is 10.9 Å². The lowest BCUT2D eigenvalue weighted by molar-refractivity contribution is 0.0558. The third kappa shape index (κ3) is 3.54. The summed E-state index contributed by atoms with van der Waals surface area (Å²) in [5.41, 5.74) is 1.27. The van der Waals surface area contributed by atoms with Crippen molar-refractivity contribution in [1.82, 2.24) is 15.1 Å². The van der Waals surface area contributed by atoms with Crippen molar-refractivity contribution in [2.45, 2.75) is 45.8 Å². The summed E-state index contributed by atoms with van der Waals surface area (Å²) in [6.45, 7) is 8.08. The maximum Gasteiger partial charge on any atom is 0.0534 e. The minimum atomic E-state index is 0.559. The van der Waals surface area contributed by atoms with Gasteiger partial charge in [-0.3, -0.25) is 4.68 Å². The molecule has 0 saturated carbocycles. The van der Waals surface area contributed by atoms with Crippen molar-refractivity contribution >= 4 is 0 Å². The molecule has 1 aliphatic rings. The Hall–Kier alpha value is -0.870. The SMILES string of the molecule is CCn1cc(CNC(C)C2CCOCC2)cn1. The average Bonchev–Trinajstić information content (AvgIpc) is 2.85. The molecular formula is C13H23N3O. The molecule has 17 heavy (non-hydrogen) atoms. The fraction of sp³-hybridized carbons (Fsp3) is 0.769. The molecule has 2 heterocycles. The minimum absolute atomic E-state index is 0.559. The Bertz CT molecular complexity index is 331. The van der Waals surface area contributed by atoms with Gasteiger partial charge in [-0.15, -0.1) is 0 Å². The Balaban J connectivity index is 1.76. The monoisotopic (exact) mass is 237 g/mol. The van der Waals surface area contributed by atoms with E-state index in [1.54, 1.807) is 0 Å². The number of nitrogens with zero attached hydrogens (tertiary/aromatic N) is 2. The summed E-state index contributed by atoms with van der Waals surface area (Å²) in [4.78, 5) is 0. The first-order chi connectivity index (χ1) is 8.29. The molecule has 1 aromatic heterocycles. The van der Waals surface area contributed by atoms with E-state index in [2.05, 4.69) is 30.5 Å². The van der Waals surface area contributed by atoms with E-state index in [1.165, 1.54) is 18.4 Å². The van der Waals surface area contributed by atoms with Gasteiger partial charge in [-0.25, -0.2) is 0 Å². The molecule has 1 aliphatic heterocycles. The van der Waals surface area contributed by atoms with Gasteiger partial charge in [-0.1, -0.05) is 0 Å². The Kier molecular flexibility index (Phi) is 4.57. The molecule has 1 aromatic rings. The van der Waals surface area contributed by atoms with Crippen molar-refractivity contribution in [2.75, 3.05) is 13.2 Å².